The van der Waals surface area contributed by atoms with Crippen molar-refractivity contribution in [1.29, 1.82) is 0 Å². The van der Waals surface area contributed by atoms with Gasteiger partial charge in [-0.25, -0.2) is 4.79 Å². The number of benzene rings is 1. The minimum atomic E-state index is -0.716. The largest absolute Gasteiger partial charge is 0.462 e. The predicted molar refractivity (Wildman–Crippen MR) is 89.9 cm³/mol. The lowest BCUT2D eigenvalue weighted by atomic mass is 9.81. The Morgan fingerprint density at radius 2 is 2.08 bits per heavy atom. The zero-order chi connectivity index (χ0) is 17.3. The lowest BCUT2D eigenvalue weighted by molar-refractivity contribution is 0.0524. The number of pyridine rings is 1. The van der Waals surface area contributed by atoms with Crippen LogP contribution in [0.5, 0.6) is 0 Å². The van der Waals surface area contributed by atoms with Crippen LogP contribution in [0.4, 0.5) is 0 Å². The number of Topliss-reactive ketones (excluding diaryl/α,β-unsaturated/α-hetero) is 1. The number of ketones is 1. The summed E-state index contributed by atoms with van der Waals surface area (Å²) in [6, 6.07) is 8.71. The van der Waals surface area contributed by atoms with Crippen LogP contribution in [-0.4, -0.2) is 23.3 Å². The van der Waals surface area contributed by atoms with Crippen LogP contribution in [0.15, 0.2) is 35.1 Å². The van der Waals surface area contributed by atoms with E-state index in [1.54, 1.807) is 13.0 Å². The third kappa shape index (κ3) is 3.12. The summed E-state index contributed by atoms with van der Waals surface area (Å²) in [7, 11) is 0. The monoisotopic (exact) mass is 345 g/mol. The van der Waals surface area contributed by atoms with Gasteiger partial charge in [-0.3, -0.25) is 9.59 Å². The second kappa shape index (κ2) is 6.61. The summed E-state index contributed by atoms with van der Waals surface area (Å²) in [4.78, 5) is 39.1. The summed E-state index contributed by atoms with van der Waals surface area (Å²) >= 11 is 6.02. The molecule has 1 aliphatic rings. The molecule has 6 heteroatoms. The van der Waals surface area contributed by atoms with E-state index < -0.39 is 11.5 Å². The van der Waals surface area contributed by atoms with E-state index in [0.29, 0.717) is 29.1 Å². The van der Waals surface area contributed by atoms with Crippen molar-refractivity contribution in [1.82, 2.24) is 4.98 Å². The van der Waals surface area contributed by atoms with Gasteiger partial charge in [0.2, 0.25) is 0 Å². The standard InChI is InChI=1S/C18H16ClNO4/c1-2-24-18(23)14-9-13-15(20-17(14)22)7-11(8-16(13)21)10-4-3-5-12(19)6-10/h3-6,9,11H,2,7-8H2,1H3,(H,20,22)/t11-/m1/s1. The van der Waals surface area contributed by atoms with Crippen molar-refractivity contribution in [3.63, 3.8) is 0 Å². The number of H-pyrrole nitrogens is 1. The summed E-state index contributed by atoms with van der Waals surface area (Å²) < 4.78 is 4.85. The number of rotatable bonds is 3. The topological polar surface area (TPSA) is 76.2 Å². The first kappa shape index (κ1) is 16.5. The molecule has 0 fully saturated rings. The molecule has 0 radical (unpaired) electrons. The van der Waals surface area contributed by atoms with Gasteiger partial charge in [-0.05, 0) is 43.0 Å². The Labute approximate surface area is 143 Å². The van der Waals surface area contributed by atoms with E-state index in [1.165, 1.54) is 6.07 Å². The summed E-state index contributed by atoms with van der Waals surface area (Å²) in [6.45, 7) is 1.82. The zero-order valence-corrected chi connectivity index (χ0v) is 13.9. The zero-order valence-electron chi connectivity index (χ0n) is 13.1. The first-order valence-electron chi connectivity index (χ1n) is 7.71. The summed E-state index contributed by atoms with van der Waals surface area (Å²) in [5.41, 5.74) is 1.22. The van der Waals surface area contributed by atoms with Gasteiger partial charge in [0.05, 0.1) is 6.61 Å². The molecule has 0 spiro atoms. The molecule has 1 atom stereocenters. The van der Waals surface area contributed by atoms with Crippen LogP contribution in [0.2, 0.25) is 5.02 Å². The van der Waals surface area contributed by atoms with Crippen LogP contribution in [-0.2, 0) is 11.2 Å². The predicted octanol–water partition coefficient (Wildman–Crippen LogP) is 3.12. The van der Waals surface area contributed by atoms with Gasteiger partial charge in [-0.2, -0.15) is 0 Å². The first-order chi connectivity index (χ1) is 11.5. The van der Waals surface area contributed by atoms with E-state index >= 15 is 0 Å². The number of carbonyl (C=O) groups excluding carboxylic acids is 2. The van der Waals surface area contributed by atoms with E-state index in [4.69, 9.17) is 16.3 Å². The van der Waals surface area contributed by atoms with E-state index in [1.807, 2.05) is 18.2 Å². The van der Waals surface area contributed by atoms with Crippen LogP contribution in [0.25, 0.3) is 0 Å². The summed E-state index contributed by atoms with van der Waals surface area (Å²) in [5, 5.41) is 0.608. The lowest BCUT2D eigenvalue weighted by Gasteiger charge is -2.24. The van der Waals surface area contributed by atoms with Crippen molar-refractivity contribution in [2.45, 2.75) is 25.7 Å². The van der Waals surface area contributed by atoms with Crippen LogP contribution in [0.3, 0.4) is 0 Å². The van der Waals surface area contributed by atoms with Crippen molar-refractivity contribution in [3.8, 4) is 0 Å². The Morgan fingerprint density at radius 3 is 2.79 bits per heavy atom. The third-order valence-electron chi connectivity index (χ3n) is 4.12. The number of hydrogen-bond donors (Lipinski definition) is 1. The van der Waals surface area contributed by atoms with Gasteiger partial charge in [0.1, 0.15) is 5.56 Å². The number of aromatic amines is 1. The number of ether oxygens (including phenoxy) is 1. The fourth-order valence-corrected chi connectivity index (χ4v) is 3.19. The highest BCUT2D eigenvalue weighted by molar-refractivity contribution is 6.30. The van der Waals surface area contributed by atoms with Crippen LogP contribution < -0.4 is 5.56 Å². The average Bonchev–Trinajstić information content (AvgIpc) is 2.54. The summed E-state index contributed by atoms with van der Waals surface area (Å²) in [5.74, 6) is -0.873. The highest BCUT2D eigenvalue weighted by atomic mass is 35.5. The molecule has 1 N–H and O–H groups in total. The molecular weight excluding hydrogens is 330 g/mol. The van der Waals surface area contributed by atoms with Gasteiger partial charge in [-0.15, -0.1) is 0 Å². The van der Waals surface area contributed by atoms with Gasteiger partial charge in [0.25, 0.3) is 5.56 Å². The fourth-order valence-electron chi connectivity index (χ4n) is 2.99. The average molecular weight is 346 g/mol. The number of carbonyl (C=O) groups is 2. The van der Waals surface area contributed by atoms with Crippen LogP contribution >= 0.6 is 11.6 Å². The van der Waals surface area contributed by atoms with Crippen molar-refractivity contribution < 1.29 is 14.3 Å². The second-order valence-electron chi connectivity index (χ2n) is 5.71. The molecule has 0 amide bonds. The Morgan fingerprint density at radius 1 is 1.29 bits per heavy atom. The molecule has 1 aromatic heterocycles. The molecule has 1 aromatic carbocycles. The van der Waals surface area contributed by atoms with E-state index in [2.05, 4.69) is 4.98 Å². The number of halogens is 1. The van der Waals surface area contributed by atoms with Crippen molar-refractivity contribution in [3.05, 3.63) is 68.1 Å². The molecule has 0 unspecified atom stereocenters. The maximum Gasteiger partial charge on any atom is 0.343 e. The van der Waals surface area contributed by atoms with E-state index in [9.17, 15) is 14.4 Å². The fraction of sp³-hybridized carbons (Fsp3) is 0.278. The minimum absolute atomic E-state index is 0.0483. The normalized spacial score (nSPS) is 16.6. The SMILES string of the molecule is CCOC(=O)c1cc2c([nH]c1=O)C[C@@H](c1cccc(Cl)c1)CC2=O. The molecule has 1 aliphatic carbocycles. The third-order valence-corrected chi connectivity index (χ3v) is 4.36. The van der Waals surface area contributed by atoms with Gasteiger partial charge in [0, 0.05) is 22.7 Å². The molecule has 0 aliphatic heterocycles. The number of hydrogen-bond acceptors (Lipinski definition) is 4. The highest BCUT2D eigenvalue weighted by Crippen LogP contribution is 2.32. The maximum atomic E-state index is 12.5. The van der Waals surface area contributed by atoms with E-state index in [-0.39, 0.29) is 23.9 Å². The molecule has 0 saturated carbocycles. The minimum Gasteiger partial charge on any atom is -0.462 e. The molecule has 24 heavy (non-hydrogen) atoms. The van der Waals surface area contributed by atoms with E-state index in [0.717, 1.165) is 5.56 Å². The Balaban J connectivity index is 1.97. The van der Waals surface area contributed by atoms with Crippen LogP contribution in [0, 0.1) is 0 Å². The van der Waals surface area contributed by atoms with Gasteiger partial charge >= 0.3 is 5.97 Å². The number of esters is 1. The molecule has 0 saturated heterocycles. The summed E-state index contributed by atoms with van der Waals surface area (Å²) in [6.07, 6.45) is 0.821. The molecule has 5 nitrogen and oxygen atoms in total. The van der Waals surface area contributed by atoms with Crippen molar-refractivity contribution in [2.24, 2.45) is 0 Å². The van der Waals surface area contributed by atoms with Gasteiger partial charge in [-0.1, -0.05) is 23.7 Å². The Bertz CT molecular complexity index is 872. The number of aromatic nitrogens is 1. The Hall–Kier alpha value is -2.40. The van der Waals surface area contributed by atoms with Gasteiger partial charge < -0.3 is 9.72 Å². The van der Waals surface area contributed by atoms with Crippen molar-refractivity contribution >= 4 is 23.4 Å². The van der Waals surface area contributed by atoms with Crippen molar-refractivity contribution in [2.75, 3.05) is 6.61 Å². The molecule has 0 bridgehead atoms. The molecule has 1 heterocycles. The molecule has 3 rings (SSSR count). The Kier molecular flexibility index (Phi) is 4.53. The first-order valence-corrected chi connectivity index (χ1v) is 8.09. The lowest BCUT2D eigenvalue weighted by Crippen LogP contribution is -2.28. The van der Waals surface area contributed by atoms with Crippen LogP contribution in [0.1, 0.15) is 51.2 Å². The molecular formula is C18H16ClNO4. The second-order valence-corrected chi connectivity index (χ2v) is 6.14. The number of nitrogens with one attached hydrogen (secondary N) is 1. The number of fused-ring (bicyclic) bond motifs is 1. The quantitative estimate of drug-likeness (QED) is 0.867. The smallest absolute Gasteiger partial charge is 0.343 e. The molecule has 2 aromatic rings. The van der Waals surface area contributed by atoms with Gasteiger partial charge in [0.15, 0.2) is 5.78 Å². The highest BCUT2D eigenvalue weighted by Gasteiger charge is 2.29. The molecule has 124 valence electrons. The maximum absolute atomic E-state index is 12.5.